The van der Waals surface area contributed by atoms with Gasteiger partial charge in [-0.05, 0) is 42.5 Å². The SMILES string of the molecule is Cn1c(=S)n(CN2CCN(S(=O)(=O)c3cccc(C(F)(F)F)c3)CC2)c2ccccc21. The van der Waals surface area contributed by atoms with Crippen molar-refractivity contribution < 1.29 is 21.6 Å². The molecular formula is C20H21F3N4O2S2. The standard InChI is InChI=1S/C20H21F3N4O2S2/c1-24-17-7-2-3-8-18(17)27(19(24)30)14-25-9-11-26(12-10-25)31(28,29)16-6-4-5-15(13-16)20(21,22)23/h2-8,13H,9-12,14H2,1H3. The van der Waals surface area contributed by atoms with Crippen LogP contribution in [0.1, 0.15) is 5.56 Å². The number of imidazole rings is 1. The molecule has 3 aromatic rings. The second-order valence-electron chi connectivity index (χ2n) is 7.45. The molecule has 6 nitrogen and oxygen atoms in total. The molecule has 0 saturated carbocycles. The average Bonchev–Trinajstić information content (AvgIpc) is 2.99. The van der Waals surface area contributed by atoms with Crippen LogP contribution >= 0.6 is 12.2 Å². The van der Waals surface area contributed by atoms with Gasteiger partial charge in [0.2, 0.25) is 10.0 Å². The predicted molar refractivity (Wildman–Crippen MR) is 114 cm³/mol. The molecule has 1 aliphatic rings. The molecule has 2 aromatic carbocycles. The third kappa shape index (κ3) is 4.14. The first-order valence-electron chi connectivity index (χ1n) is 9.63. The van der Waals surface area contributed by atoms with Gasteiger partial charge < -0.3 is 9.13 Å². The molecular weight excluding hydrogens is 449 g/mol. The van der Waals surface area contributed by atoms with Crippen LogP contribution < -0.4 is 0 Å². The third-order valence-electron chi connectivity index (χ3n) is 5.52. The van der Waals surface area contributed by atoms with Crippen LogP contribution in [0.2, 0.25) is 0 Å². The van der Waals surface area contributed by atoms with Crippen molar-refractivity contribution >= 4 is 33.3 Å². The van der Waals surface area contributed by atoms with Crippen molar-refractivity contribution in [1.82, 2.24) is 18.3 Å². The third-order valence-corrected chi connectivity index (χ3v) is 7.91. The number of rotatable bonds is 4. The van der Waals surface area contributed by atoms with Gasteiger partial charge in [-0.15, -0.1) is 0 Å². The summed E-state index contributed by atoms with van der Waals surface area (Å²) < 4.78 is 70.5. The molecule has 4 rings (SSSR count). The Hall–Kier alpha value is -2.21. The van der Waals surface area contributed by atoms with Gasteiger partial charge in [-0.2, -0.15) is 17.5 Å². The molecule has 166 valence electrons. The smallest absolute Gasteiger partial charge is 0.320 e. The Morgan fingerprint density at radius 1 is 0.968 bits per heavy atom. The normalized spacial score (nSPS) is 16.8. The second kappa shape index (κ2) is 8.05. The first-order valence-corrected chi connectivity index (χ1v) is 11.5. The monoisotopic (exact) mass is 470 g/mol. The van der Waals surface area contributed by atoms with Gasteiger partial charge in [0.05, 0.1) is 28.2 Å². The molecule has 0 unspecified atom stereocenters. The van der Waals surface area contributed by atoms with Gasteiger partial charge in [0, 0.05) is 33.2 Å². The zero-order chi connectivity index (χ0) is 22.4. The number of nitrogens with zero attached hydrogens (tertiary/aromatic N) is 4. The van der Waals surface area contributed by atoms with E-state index in [1.807, 2.05) is 40.4 Å². The van der Waals surface area contributed by atoms with E-state index in [-0.39, 0.29) is 18.0 Å². The zero-order valence-corrected chi connectivity index (χ0v) is 18.3. The van der Waals surface area contributed by atoms with E-state index in [0.717, 1.165) is 23.2 Å². The second-order valence-corrected chi connectivity index (χ2v) is 9.75. The van der Waals surface area contributed by atoms with Crippen molar-refractivity contribution in [1.29, 1.82) is 0 Å². The zero-order valence-electron chi connectivity index (χ0n) is 16.7. The number of sulfonamides is 1. The molecule has 0 bridgehead atoms. The summed E-state index contributed by atoms with van der Waals surface area (Å²) in [6.45, 7) is 1.79. The molecule has 1 fully saturated rings. The molecule has 1 aromatic heterocycles. The van der Waals surface area contributed by atoms with Crippen molar-refractivity contribution in [2.75, 3.05) is 26.2 Å². The molecule has 0 spiro atoms. The lowest BCUT2D eigenvalue weighted by Gasteiger charge is -2.34. The number of para-hydroxylation sites is 2. The number of hydrogen-bond donors (Lipinski definition) is 0. The molecule has 11 heteroatoms. The maximum atomic E-state index is 13.0. The van der Waals surface area contributed by atoms with Crippen LogP contribution in [0.3, 0.4) is 0 Å². The fourth-order valence-electron chi connectivity index (χ4n) is 3.79. The molecule has 0 radical (unpaired) electrons. The molecule has 2 heterocycles. The van der Waals surface area contributed by atoms with E-state index in [1.54, 1.807) is 0 Å². The lowest BCUT2D eigenvalue weighted by molar-refractivity contribution is -0.137. The van der Waals surface area contributed by atoms with Gasteiger partial charge >= 0.3 is 6.18 Å². The fourth-order valence-corrected chi connectivity index (χ4v) is 5.52. The summed E-state index contributed by atoms with van der Waals surface area (Å²) in [4.78, 5) is 1.74. The number of fused-ring (bicyclic) bond motifs is 1. The van der Waals surface area contributed by atoms with Crippen LogP contribution in [0.25, 0.3) is 11.0 Å². The Bertz CT molecular complexity index is 1270. The highest BCUT2D eigenvalue weighted by molar-refractivity contribution is 7.89. The number of hydrogen-bond acceptors (Lipinski definition) is 4. The van der Waals surface area contributed by atoms with Gasteiger partial charge in [0.15, 0.2) is 4.77 Å². The van der Waals surface area contributed by atoms with Gasteiger partial charge in [-0.25, -0.2) is 8.42 Å². The van der Waals surface area contributed by atoms with Gasteiger partial charge in [-0.1, -0.05) is 18.2 Å². The number of piperazine rings is 1. The van der Waals surface area contributed by atoms with Crippen LogP contribution in [-0.2, 0) is 29.9 Å². The van der Waals surface area contributed by atoms with E-state index in [1.165, 1.54) is 10.4 Å². The number of aromatic nitrogens is 2. The Balaban J connectivity index is 1.49. The predicted octanol–water partition coefficient (Wildman–Crippen LogP) is 3.69. The minimum Gasteiger partial charge on any atom is -0.320 e. The summed E-state index contributed by atoms with van der Waals surface area (Å²) in [5, 5.41) is 0. The minimum absolute atomic E-state index is 0.191. The van der Waals surface area contributed by atoms with Crippen molar-refractivity contribution in [3.05, 3.63) is 58.9 Å². The molecule has 1 saturated heterocycles. The number of halogens is 3. The Morgan fingerprint density at radius 2 is 1.61 bits per heavy atom. The average molecular weight is 471 g/mol. The van der Waals surface area contributed by atoms with E-state index in [0.29, 0.717) is 30.6 Å². The van der Waals surface area contributed by atoms with Crippen LogP contribution in [0.15, 0.2) is 53.4 Å². The van der Waals surface area contributed by atoms with Crippen molar-refractivity contribution in [2.24, 2.45) is 7.05 Å². The van der Waals surface area contributed by atoms with Crippen molar-refractivity contribution in [2.45, 2.75) is 17.7 Å². The van der Waals surface area contributed by atoms with E-state index >= 15 is 0 Å². The highest BCUT2D eigenvalue weighted by Gasteiger charge is 2.34. The van der Waals surface area contributed by atoms with Crippen LogP contribution in [-0.4, -0.2) is 52.9 Å². The van der Waals surface area contributed by atoms with Crippen molar-refractivity contribution in [3.63, 3.8) is 0 Å². The molecule has 0 N–H and O–H groups in total. The molecule has 0 aliphatic carbocycles. The molecule has 1 aliphatic heterocycles. The van der Waals surface area contributed by atoms with Crippen molar-refractivity contribution in [3.8, 4) is 0 Å². The Morgan fingerprint density at radius 3 is 2.26 bits per heavy atom. The summed E-state index contributed by atoms with van der Waals surface area (Å²) in [5.41, 5.74) is 1.03. The molecule has 31 heavy (non-hydrogen) atoms. The Labute approximate surface area is 183 Å². The van der Waals surface area contributed by atoms with Gasteiger partial charge in [-0.3, -0.25) is 4.90 Å². The first kappa shape index (κ1) is 22.0. The number of alkyl halides is 3. The van der Waals surface area contributed by atoms with Crippen LogP contribution in [0.4, 0.5) is 13.2 Å². The quantitative estimate of drug-likeness (QED) is 0.546. The summed E-state index contributed by atoms with van der Waals surface area (Å²) in [7, 11) is -2.10. The molecule has 0 amide bonds. The van der Waals surface area contributed by atoms with Crippen LogP contribution in [0, 0.1) is 4.77 Å². The lowest BCUT2D eigenvalue weighted by Crippen LogP contribution is -2.48. The summed E-state index contributed by atoms with van der Waals surface area (Å²) >= 11 is 5.55. The first-order chi connectivity index (χ1) is 14.6. The van der Waals surface area contributed by atoms with Gasteiger partial charge in [0.1, 0.15) is 0 Å². The topological polar surface area (TPSA) is 50.5 Å². The Kier molecular flexibility index (Phi) is 5.71. The lowest BCUT2D eigenvalue weighted by atomic mass is 10.2. The molecule has 0 atom stereocenters. The highest BCUT2D eigenvalue weighted by Crippen LogP contribution is 2.31. The fraction of sp³-hybridized carbons (Fsp3) is 0.350. The van der Waals surface area contributed by atoms with Gasteiger partial charge in [0.25, 0.3) is 0 Å². The van der Waals surface area contributed by atoms with Crippen LogP contribution in [0.5, 0.6) is 0 Å². The maximum Gasteiger partial charge on any atom is 0.416 e. The minimum atomic E-state index is -4.60. The van der Waals surface area contributed by atoms with E-state index in [2.05, 4.69) is 4.90 Å². The number of benzene rings is 2. The van der Waals surface area contributed by atoms with E-state index < -0.39 is 21.8 Å². The van der Waals surface area contributed by atoms with E-state index in [4.69, 9.17) is 12.2 Å². The summed E-state index contributed by atoms with van der Waals surface area (Å²) in [5.74, 6) is 0. The largest absolute Gasteiger partial charge is 0.416 e. The number of aryl methyl sites for hydroxylation is 1. The summed E-state index contributed by atoms with van der Waals surface area (Å²) in [6.07, 6.45) is -4.60. The highest BCUT2D eigenvalue weighted by atomic mass is 32.2. The summed E-state index contributed by atoms with van der Waals surface area (Å²) in [6, 6.07) is 11.7. The maximum absolute atomic E-state index is 13.0. The van der Waals surface area contributed by atoms with E-state index in [9.17, 15) is 21.6 Å².